The molecule has 0 amide bonds. The van der Waals surface area contributed by atoms with Gasteiger partial charge in [-0.15, -0.1) is 0 Å². The van der Waals surface area contributed by atoms with Gasteiger partial charge in [0.05, 0.1) is 7.11 Å². The zero-order valence-corrected chi connectivity index (χ0v) is 11.9. The summed E-state index contributed by atoms with van der Waals surface area (Å²) in [6.07, 6.45) is -0.905. The summed E-state index contributed by atoms with van der Waals surface area (Å²) in [5.41, 5.74) is 1.95. The lowest BCUT2D eigenvalue weighted by atomic mass is 10.1. The molecule has 2 aromatic rings. The number of benzene rings is 2. The van der Waals surface area contributed by atoms with E-state index in [1.807, 2.05) is 54.6 Å². The molecule has 0 unspecified atom stereocenters. The van der Waals surface area contributed by atoms with Crippen molar-refractivity contribution >= 4 is 5.97 Å². The number of rotatable bonds is 6. The molecule has 2 aromatic carbocycles. The fourth-order valence-electron chi connectivity index (χ4n) is 1.91. The zero-order valence-electron chi connectivity index (χ0n) is 11.9. The van der Waals surface area contributed by atoms with Crippen LogP contribution in [0.15, 0.2) is 54.6 Å². The van der Waals surface area contributed by atoms with Crippen molar-refractivity contribution in [3.05, 3.63) is 65.7 Å². The highest BCUT2D eigenvalue weighted by atomic mass is 16.5. The second-order valence-corrected chi connectivity index (χ2v) is 4.66. The molecular weight excluding hydrogens is 268 g/mol. The van der Waals surface area contributed by atoms with Gasteiger partial charge in [0.15, 0.2) is 6.10 Å². The highest BCUT2D eigenvalue weighted by molar-refractivity contribution is 5.74. The summed E-state index contributed by atoms with van der Waals surface area (Å²) in [7, 11) is 1.26. The molecule has 0 saturated carbocycles. The Balaban J connectivity index is 1.88. The number of carbonyl (C=O) groups excluding carboxylic acids is 1. The number of carbonyl (C=O) groups is 1. The van der Waals surface area contributed by atoms with Gasteiger partial charge in [-0.1, -0.05) is 42.5 Å². The molecule has 0 aromatic heterocycles. The van der Waals surface area contributed by atoms with Gasteiger partial charge in [0.2, 0.25) is 0 Å². The summed E-state index contributed by atoms with van der Waals surface area (Å²) in [6, 6.07) is 17.2. The lowest BCUT2D eigenvalue weighted by molar-refractivity contribution is -0.150. The Morgan fingerprint density at radius 2 is 1.71 bits per heavy atom. The normalized spacial score (nSPS) is 11.7. The van der Waals surface area contributed by atoms with E-state index in [1.165, 1.54) is 7.11 Å². The molecule has 2 rings (SSSR count). The molecule has 0 spiro atoms. The Morgan fingerprint density at radius 3 is 2.33 bits per heavy atom. The van der Waals surface area contributed by atoms with Crippen LogP contribution in [-0.2, 0) is 22.6 Å². The van der Waals surface area contributed by atoms with Crippen molar-refractivity contribution in [2.45, 2.75) is 19.1 Å². The van der Waals surface area contributed by atoms with Crippen molar-refractivity contribution in [2.75, 3.05) is 7.11 Å². The van der Waals surface area contributed by atoms with Gasteiger partial charge in [0, 0.05) is 6.42 Å². The number of hydrogen-bond acceptors (Lipinski definition) is 4. The van der Waals surface area contributed by atoms with E-state index in [2.05, 4.69) is 4.74 Å². The van der Waals surface area contributed by atoms with E-state index in [-0.39, 0.29) is 6.42 Å². The van der Waals surface area contributed by atoms with Crippen LogP contribution in [-0.4, -0.2) is 24.3 Å². The predicted octanol–water partition coefficient (Wildman–Crippen LogP) is 2.34. The van der Waals surface area contributed by atoms with Crippen molar-refractivity contribution in [3.8, 4) is 5.75 Å². The third-order valence-electron chi connectivity index (χ3n) is 3.07. The average Bonchev–Trinajstić information content (AvgIpc) is 2.54. The second-order valence-electron chi connectivity index (χ2n) is 4.66. The minimum atomic E-state index is -1.13. The van der Waals surface area contributed by atoms with Crippen molar-refractivity contribution < 1.29 is 19.4 Å². The molecule has 110 valence electrons. The average molecular weight is 286 g/mol. The van der Waals surface area contributed by atoms with Crippen LogP contribution >= 0.6 is 0 Å². The highest BCUT2D eigenvalue weighted by Crippen LogP contribution is 2.15. The van der Waals surface area contributed by atoms with Gasteiger partial charge in [0.1, 0.15) is 12.4 Å². The molecule has 21 heavy (non-hydrogen) atoms. The van der Waals surface area contributed by atoms with Crippen molar-refractivity contribution in [3.63, 3.8) is 0 Å². The molecule has 4 heteroatoms. The monoisotopic (exact) mass is 286 g/mol. The van der Waals surface area contributed by atoms with E-state index in [1.54, 1.807) is 0 Å². The van der Waals surface area contributed by atoms with Gasteiger partial charge in [-0.3, -0.25) is 0 Å². The van der Waals surface area contributed by atoms with Gasteiger partial charge < -0.3 is 14.6 Å². The Hall–Kier alpha value is -2.33. The SMILES string of the molecule is COC(=O)[C@H](O)Cc1ccc(OCc2ccccc2)cc1. The summed E-state index contributed by atoms with van der Waals surface area (Å²) in [4.78, 5) is 11.1. The maximum Gasteiger partial charge on any atom is 0.335 e. The van der Waals surface area contributed by atoms with Gasteiger partial charge >= 0.3 is 5.97 Å². The number of ether oxygens (including phenoxy) is 2. The summed E-state index contributed by atoms with van der Waals surface area (Å²) in [5.74, 6) is 0.120. The van der Waals surface area contributed by atoms with E-state index in [0.717, 1.165) is 16.9 Å². The number of aliphatic hydroxyl groups excluding tert-OH is 1. The van der Waals surface area contributed by atoms with Crippen molar-refractivity contribution in [2.24, 2.45) is 0 Å². The predicted molar refractivity (Wildman–Crippen MR) is 78.9 cm³/mol. The summed E-state index contributed by atoms with van der Waals surface area (Å²) in [5, 5.41) is 9.59. The Kier molecular flexibility index (Phi) is 5.35. The second kappa shape index (κ2) is 7.45. The minimum absolute atomic E-state index is 0.228. The maximum absolute atomic E-state index is 11.1. The number of methoxy groups -OCH3 is 1. The topological polar surface area (TPSA) is 55.8 Å². The standard InChI is InChI=1S/C17H18O4/c1-20-17(19)16(18)11-13-7-9-15(10-8-13)21-12-14-5-3-2-4-6-14/h2-10,16,18H,11-12H2,1H3/t16-/m1/s1. The molecular formula is C17H18O4. The van der Waals surface area contributed by atoms with Crippen LogP contribution in [0.3, 0.4) is 0 Å². The number of hydrogen-bond donors (Lipinski definition) is 1. The Bertz CT molecular complexity index is 563. The largest absolute Gasteiger partial charge is 0.489 e. The fraction of sp³-hybridized carbons (Fsp3) is 0.235. The third kappa shape index (κ3) is 4.61. The van der Waals surface area contributed by atoms with Gasteiger partial charge in [0.25, 0.3) is 0 Å². The molecule has 0 aliphatic heterocycles. The van der Waals surface area contributed by atoms with Gasteiger partial charge in [-0.25, -0.2) is 4.79 Å². The molecule has 0 saturated heterocycles. The summed E-state index contributed by atoms with van der Waals surface area (Å²) in [6.45, 7) is 0.505. The third-order valence-corrected chi connectivity index (χ3v) is 3.07. The molecule has 0 aliphatic rings. The van der Waals surface area contributed by atoms with Crippen LogP contribution in [0.2, 0.25) is 0 Å². The van der Waals surface area contributed by atoms with Crippen molar-refractivity contribution in [1.29, 1.82) is 0 Å². The van der Waals surface area contributed by atoms with E-state index in [9.17, 15) is 9.90 Å². The number of esters is 1. The fourth-order valence-corrected chi connectivity index (χ4v) is 1.91. The highest BCUT2D eigenvalue weighted by Gasteiger charge is 2.15. The first-order valence-electron chi connectivity index (χ1n) is 6.70. The van der Waals surface area contributed by atoms with Crippen LogP contribution in [0.25, 0.3) is 0 Å². The Labute approximate surface area is 123 Å². The van der Waals surface area contributed by atoms with Gasteiger partial charge in [-0.2, -0.15) is 0 Å². The molecule has 0 heterocycles. The lowest BCUT2D eigenvalue weighted by Crippen LogP contribution is -2.24. The van der Waals surface area contributed by atoms with Gasteiger partial charge in [-0.05, 0) is 23.3 Å². The Morgan fingerprint density at radius 1 is 1.05 bits per heavy atom. The smallest absolute Gasteiger partial charge is 0.335 e. The number of aliphatic hydroxyl groups is 1. The van der Waals surface area contributed by atoms with Crippen LogP contribution in [0.4, 0.5) is 0 Å². The van der Waals surface area contributed by atoms with E-state index >= 15 is 0 Å². The van der Waals surface area contributed by atoms with Crippen LogP contribution in [0.1, 0.15) is 11.1 Å². The lowest BCUT2D eigenvalue weighted by Gasteiger charge is -2.10. The first-order chi connectivity index (χ1) is 10.2. The molecule has 1 atom stereocenters. The summed E-state index contributed by atoms with van der Waals surface area (Å²) < 4.78 is 10.1. The first-order valence-corrected chi connectivity index (χ1v) is 6.70. The van der Waals surface area contributed by atoms with E-state index in [4.69, 9.17) is 4.74 Å². The molecule has 0 radical (unpaired) electrons. The molecule has 1 N–H and O–H groups in total. The first kappa shape index (κ1) is 15.1. The van der Waals surface area contributed by atoms with Crippen LogP contribution < -0.4 is 4.74 Å². The molecule has 0 aliphatic carbocycles. The summed E-state index contributed by atoms with van der Waals surface area (Å²) >= 11 is 0. The zero-order chi connectivity index (χ0) is 15.1. The minimum Gasteiger partial charge on any atom is -0.489 e. The quantitative estimate of drug-likeness (QED) is 0.828. The molecule has 4 nitrogen and oxygen atoms in total. The van der Waals surface area contributed by atoms with E-state index < -0.39 is 12.1 Å². The van der Waals surface area contributed by atoms with Crippen LogP contribution in [0, 0.1) is 0 Å². The van der Waals surface area contributed by atoms with E-state index in [0.29, 0.717) is 6.61 Å². The van der Waals surface area contributed by atoms with Crippen molar-refractivity contribution in [1.82, 2.24) is 0 Å². The van der Waals surface area contributed by atoms with Crippen LogP contribution in [0.5, 0.6) is 5.75 Å². The molecule has 0 fully saturated rings. The maximum atomic E-state index is 11.1. The molecule has 0 bridgehead atoms.